The monoisotopic (exact) mass is 408 g/mol. The van der Waals surface area contributed by atoms with Crippen LogP contribution in [0.25, 0.3) is 0 Å². The highest BCUT2D eigenvalue weighted by Crippen LogP contribution is 2.20. The van der Waals surface area contributed by atoms with Crippen molar-refractivity contribution in [3.05, 3.63) is 47.3 Å². The van der Waals surface area contributed by atoms with Gasteiger partial charge in [0.2, 0.25) is 0 Å². The van der Waals surface area contributed by atoms with Crippen LogP contribution < -0.4 is 10.2 Å². The predicted octanol–water partition coefficient (Wildman–Crippen LogP) is 0.479. The Hall–Kier alpha value is -2.07. The average Bonchev–Trinajstić information content (AvgIpc) is 3.18. The van der Waals surface area contributed by atoms with Crippen LogP contribution in [0.15, 0.2) is 46.0 Å². The average molecular weight is 409 g/mol. The number of amides is 1. The summed E-state index contributed by atoms with van der Waals surface area (Å²) in [6.07, 6.45) is 0. The normalized spacial score (nSPS) is 16.2. The molecular formula is C18H22N3O4S2+. The van der Waals surface area contributed by atoms with Gasteiger partial charge in [0.1, 0.15) is 4.21 Å². The van der Waals surface area contributed by atoms with Crippen LogP contribution in [0, 0.1) is 0 Å². The van der Waals surface area contributed by atoms with Gasteiger partial charge in [-0.05, 0) is 42.6 Å². The molecule has 1 aromatic carbocycles. The lowest BCUT2D eigenvalue weighted by atomic mass is 10.1. The second kappa shape index (κ2) is 8.30. The molecule has 27 heavy (non-hydrogen) atoms. The molecule has 0 saturated carbocycles. The maximum Gasteiger partial charge on any atom is 0.279 e. The van der Waals surface area contributed by atoms with Crippen LogP contribution in [-0.2, 0) is 14.8 Å². The molecule has 1 aliphatic heterocycles. The summed E-state index contributed by atoms with van der Waals surface area (Å²) in [6, 6.07) is 10.1. The van der Waals surface area contributed by atoms with Gasteiger partial charge in [0.05, 0.1) is 26.2 Å². The predicted molar refractivity (Wildman–Crippen MR) is 104 cm³/mol. The first kappa shape index (κ1) is 19.7. The Balaban J connectivity index is 1.50. The van der Waals surface area contributed by atoms with E-state index < -0.39 is 10.0 Å². The number of nitrogens with one attached hydrogen (secondary N) is 2. The van der Waals surface area contributed by atoms with Gasteiger partial charge in [-0.2, -0.15) is 4.31 Å². The number of piperazine rings is 1. The molecule has 2 N–H and O–H groups in total. The van der Waals surface area contributed by atoms with E-state index in [1.54, 1.807) is 41.8 Å². The highest BCUT2D eigenvalue weighted by Gasteiger charge is 2.31. The first-order valence-corrected chi connectivity index (χ1v) is 11.0. The summed E-state index contributed by atoms with van der Waals surface area (Å²) < 4.78 is 26.9. The minimum atomic E-state index is -3.42. The number of anilines is 1. The topological polar surface area (TPSA) is 88.0 Å². The molecule has 0 radical (unpaired) electrons. The first-order chi connectivity index (χ1) is 12.9. The van der Waals surface area contributed by atoms with Crippen molar-refractivity contribution < 1.29 is 22.9 Å². The van der Waals surface area contributed by atoms with Crippen molar-refractivity contribution in [2.45, 2.75) is 11.1 Å². The number of sulfonamides is 1. The van der Waals surface area contributed by atoms with E-state index in [1.165, 1.54) is 22.6 Å². The van der Waals surface area contributed by atoms with Gasteiger partial charge in [0, 0.05) is 11.3 Å². The highest BCUT2D eigenvalue weighted by atomic mass is 32.2. The van der Waals surface area contributed by atoms with Crippen molar-refractivity contribution in [1.29, 1.82) is 0 Å². The number of carbonyl (C=O) groups is 2. The summed E-state index contributed by atoms with van der Waals surface area (Å²) in [5.74, 6) is -0.150. The van der Waals surface area contributed by atoms with Crippen molar-refractivity contribution in [2.75, 3.05) is 38.0 Å². The lowest BCUT2D eigenvalue weighted by Gasteiger charge is -2.30. The molecule has 1 aliphatic rings. The van der Waals surface area contributed by atoms with Crippen LogP contribution >= 0.6 is 11.3 Å². The number of benzene rings is 1. The van der Waals surface area contributed by atoms with Crippen molar-refractivity contribution >= 4 is 38.7 Å². The molecule has 0 aliphatic carbocycles. The van der Waals surface area contributed by atoms with E-state index in [-0.39, 0.29) is 18.2 Å². The molecule has 1 amide bonds. The molecule has 1 aromatic heterocycles. The van der Waals surface area contributed by atoms with Gasteiger partial charge in [0.25, 0.3) is 15.9 Å². The van der Waals surface area contributed by atoms with Crippen LogP contribution in [0.2, 0.25) is 0 Å². The van der Waals surface area contributed by atoms with Crippen molar-refractivity contribution in [1.82, 2.24) is 4.31 Å². The Bertz CT molecular complexity index is 901. The summed E-state index contributed by atoms with van der Waals surface area (Å²) in [5, 5.41) is 4.57. The third kappa shape index (κ3) is 4.81. The summed E-state index contributed by atoms with van der Waals surface area (Å²) in [4.78, 5) is 24.6. The van der Waals surface area contributed by atoms with E-state index >= 15 is 0 Å². The summed E-state index contributed by atoms with van der Waals surface area (Å²) in [5.41, 5.74) is 1.24. The van der Waals surface area contributed by atoms with E-state index in [1.807, 2.05) is 0 Å². The molecule has 2 aromatic rings. The highest BCUT2D eigenvalue weighted by molar-refractivity contribution is 7.91. The fourth-order valence-electron chi connectivity index (χ4n) is 2.98. The standard InChI is InChI=1S/C18H21N3O4S2/c1-14(22)15-4-6-16(7-5-15)19-17(23)13-20-8-10-21(11-9-20)27(24,25)18-3-2-12-26-18/h2-7,12H,8-11,13H2,1H3,(H,19,23)/p+1. The number of quaternary nitrogens is 1. The van der Waals surface area contributed by atoms with Gasteiger partial charge in [-0.25, -0.2) is 8.42 Å². The van der Waals surface area contributed by atoms with Gasteiger partial charge in [-0.3, -0.25) is 9.59 Å². The molecule has 7 nitrogen and oxygen atoms in total. The van der Waals surface area contributed by atoms with Gasteiger partial charge >= 0.3 is 0 Å². The van der Waals surface area contributed by atoms with Gasteiger partial charge in [-0.1, -0.05) is 6.07 Å². The van der Waals surface area contributed by atoms with Crippen molar-refractivity contribution in [3.8, 4) is 0 Å². The zero-order valence-electron chi connectivity index (χ0n) is 15.0. The molecule has 2 heterocycles. The Kier molecular flexibility index (Phi) is 6.05. The molecule has 0 atom stereocenters. The number of carbonyl (C=O) groups excluding carboxylic acids is 2. The van der Waals surface area contributed by atoms with Crippen LogP contribution in [0.1, 0.15) is 17.3 Å². The molecule has 0 unspecified atom stereocenters. The first-order valence-electron chi connectivity index (χ1n) is 8.64. The summed E-state index contributed by atoms with van der Waals surface area (Å²) in [7, 11) is -3.42. The largest absolute Gasteiger partial charge is 0.325 e. The number of Topliss-reactive ketones (excluding diaryl/α,β-unsaturated/α-hetero) is 1. The molecule has 0 bridgehead atoms. The maximum absolute atomic E-state index is 12.5. The minimum Gasteiger partial charge on any atom is -0.325 e. The van der Waals surface area contributed by atoms with Crippen LogP contribution in [-0.4, -0.2) is 57.1 Å². The second-order valence-electron chi connectivity index (χ2n) is 6.44. The van der Waals surface area contributed by atoms with E-state index in [0.717, 1.165) is 4.90 Å². The maximum atomic E-state index is 12.5. The summed E-state index contributed by atoms with van der Waals surface area (Å²) >= 11 is 1.22. The zero-order chi connectivity index (χ0) is 19.4. The number of rotatable bonds is 6. The third-order valence-electron chi connectivity index (χ3n) is 4.50. The van der Waals surface area contributed by atoms with Crippen molar-refractivity contribution in [3.63, 3.8) is 0 Å². The number of thiophene rings is 1. The fourth-order valence-corrected chi connectivity index (χ4v) is 5.56. The lowest BCUT2D eigenvalue weighted by Crippen LogP contribution is -3.15. The Morgan fingerprint density at radius 3 is 2.37 bits per heavy atom. The smallest absolute Gasteiger partial charge is 0.279 e. The summed E-state index contributed by atoms with van der Waals surface area (Å²) in [6.45, 7) is 3.74. The van der Waals surface area contributed by atoms with Crippen LogP contribution in [0.5, 0.6) is 0 Å². The molecule has 0 spiro atoms. The van der Waals surface area contributed by atoms with Crippen LogP contribution in [0.3, 0.4) is 0 Å². The number of nitrogens with zero attached hydrogens (tertiary/aromatic N) is 1. The Labute approximate surface area is 162 Å². The third-order valence-corrected chi connectivity index (χ3v) is 7.78. The Morgan fingerprint density at radius 2 is 1.81 bits per heavy atom. The van der Waals surface area contributed by atoms with E-state index in [4.69, 9.17) is 0 Å². The molecule has 3 rings (SSSR count). The SMILES string of the molecule is CC(=O)c1ccc(NC(=O)C[NH+]2CCN(S(=O)(=O)c3cccs3)CC2)cc1. The second-order valence-corrected chi connectivity index (χ2v) is 9.56. The van der Waals surface area contributed by atoms with Gasteiger partial charge in [0.15, 0.2) is 12.3 Å². The van der Waals surface area contributed by atoms with E-state index in [9.17, 15) is 18.0 Å². The van der Waals surface area contributed by atoms with E-state index in [2.05, 4.69) is 5.32 Å². The number of hydrogen-bond donors (Lipinski definition) is 2. The molecule has 1 saturated heterocycles. The lowest BCUT2D eigenvalue weighted by molar-refractivity contribution is -0.895. The zero-order valence-corrected chi connectivity index (χ0v) is 16.6. The number of hydrogen-bond acceptors (Lipinski definition) is 5. The molecular weight excluding hydrogens is 386 g/mol. The minimum absolute atomic E-state index is 0.0207. The molecule has 1 fully saturated rings. The van der Waals surface area contributed by atoms with Gasteiger partial charge < -0.3 is 10.2 Å². The number of ketones is 1. The quantitative estimate of drug-likeness (QED) is 0.681. The van der Waals surface area contributed by atoms with Crippen LogP contribution in [0.4, 0.5) is 5.69 Å². The van der Waals surface area contributed by atoms with E-state index in [0.29, 0.717) is 41.6 Å². The van der Waals surface area contributed by atoms with Crippen molar-refractivity contribution in [2.24, 2.45) is 0 Å². The fraction of sp³-hybridized carbons (Fsp3) is 0.333. The van der Waals surface area contributed by atoms with Gasteiger partial charge in [-0.15, -0.1) is 11.3 Å². The Morgan fingerprint density at radius 1 is 1.15 bits per heavy atom. The molecule has 144 valence electrons. The molecule has 9 heteroatoms.